The van der Waals surface area contributed by atoms with Crippen LogP contribution in [0.25, 0.3) is 0 Å². The maximum Gasteiger partial charge on any atom is 0.243 e. The zero-order valence-electron chi connectivity index (χ0n) is 10.8. The minimum absolute atomic E-state index is 0.129. The quantitative estimate of drug-likeness (QED) is 0.800. The van der Waals surface area contributed by atoms with Gasteiger partial charge in [-0.2, -0.15) is 4.98 Å². The first-order valence-electron chi connectivity index (χ1n) is 6.09. The van der Waals surface area contributed by atoms with E-state index in [0.717, 1.165) is 13.1 Å². The maximum absolute atomic E-state index is 5.92. The summed E-state index contributed by atoms with van der Waals surface area (Å²) in [7, 11) is 3.68. The van der Waals surface area contributed by atoms with Gasteiger partial charge in [-0.15, -0.1) is 0 Å². The zero-order valence-corrected chi connectivity index (χ0v) is 10.8. The lowest BCUT2D eigenvalue weighted by Gasteiger charge is -2.27. The fourth-order valence-electron chi connectivity index (χ4n) is 1.83. The summed E-state index contributed by atoms with van der Waals surface area (Å²) in [6.45, 7) is 2.95. The van der Waals surface area contributed by atoms with E-state index in [4.69, 9.17) is 19.7 Å². The van der Waals surface area contributed by atoms with Crippen LogP contribution in [-0.2, 0) is 9.47 Å². The van der Waals surface area contributed by atoms with Gasteiger partial charge in [0, 0.05) is 26.8 Å². The summed E-state index contributed by atoms with van der Waals surface area (Å²) >= 11 is 0. The molecule has 0 spiro atoms. The van der Waals surface area contributed by atoms with E-state index in [9.17, 15) is 0 Å². The Kier molecular flexibility index (Phi) is 4.65. The number of likely N-dealkylation sites (N-methyl/N-ethyl adjacent to an activating group) is 1. The fraction of sp³-hybridized carbons (Fsp3) is 0.818. The molecule has 18 heavy (non-hydrogen) atoms. The lowest BCUT2D eigenvalue weighted by atomic mass is 10.2. The predicted octanol–water partition coefficient (Wildman–Crippen LogP) is 0.109. The summed E-state index contributed by atoms with van der Waals surface area (Å²) < 4.78 is 15.8. The van der Waals surface area contributed by atoms with E-state index in [-0.39, 0.29) is 12.1 Å². The number of nitrogens with zero attached hydrogens (tertiary/aromatic N) is 3. The number of methoxy groups -OCH3 is 1. The first kappa shape index (κ1) is 13.4. The lowest BCUT2D eigenvalue weighted by molar-refractivity contribution is -0.0264. The molecule has 0 bridgehead atoms. The van der Waals surface area contributed by atoms with Gasteiger partial charge in [-0.05, 0) is 13.5 Å². The molecule has 1 aliphatic rings. The van der Waals surface area contributed by atoms with Crippen LogP contribution in [0.5, 0.6) is 0 Å². The van der Waals surface area contributed by atoms with Crippen LogP contribution in [-0.4, -0.2) is 55.5 Å². The van der Waals surface area contributed by atoms with Crippen molar-refractivity contribution in [3.05, 3.63) is 11.7 Å². The Labute approximate surface area is 106 Å². The van der Waals surface area contributed by atoms with Crippen LogP contribution < -0.4 is 5.73 Å². The highest BCUT2D eigenvalue weighted by Gasteiger charge is 2.25. The third kappa shape index (κ3) is 3.26. The number of morpholine rings is 1. The molecule has 0 amide bonds. The van der Waals surface area contributed by atoms with Crippen LogP contribution in [0.3, 0.4) is 0 Å². The molecular weight excluding hydrogens is 236 g/mol. The summed E-state index contributed by atoms with van der Waals surface area (Å²) in [4.78, 5) is 6.49. The van der Waals surface area contributed by atoms with E-state index in [2.05, 4.69) is 15.0 Å². The molecule has 2 N–H and O–H groups in total. The van der Waals surface area contributed by atoms with Crippen molar-refractivity contribution in [3.63, 3.8) is 0 Å². The fourth-order valence-corrected chi connectivity index (χ4v) is 1.83. The molecule has 2 unspecified atom stereocenters. The smallest absolute Gasteiger partial charge is 0.243 e. The Bertz CT molecular complexity index is 371. The molecule has 0 aromatic carbocycles. The minimum Gasteiger partial charge on any atom is -0.385 e. The average molecular weight is 256 g/mol. The average Bonchev–Trinajstić information content (AvgIpc) is 2.85. The van der Waals surface area contributed by atoms with Crippen LogP contribution in [0.2, 0.25) is 0 Å². The van der Waals surface area contributed by atoms with E-state index in [1.165, 1.54) is 0 Å². The molecular formula is C11H20N4O3. The van der Waals surface area contributed by atoms with Crippen molar-refractivity contribution in [3.8, 4) is 0 Å². The van der Waals surface area contributed by atoms with E-state index in [1.807, 2.05) is 7.05 Å². The van der Waals surface area contributed by atoms with E-state index >= 15 is 0 Å². The van der Waals surface area contributed by atoms with Crippen LogP contribution in [0.1, 0.15) is 30.3 Å². The zero-order chi connectivity index (χ0) is 13.0. The van der Waals surface area contributed by atoms with Crippen LogP contribution >= 0.6 is 0 Å². The van der Waals surface area contributed by atoms with Gasteiger partial charge in [0.05, 0.1) is 12.6 Å². The summed E-state index contributed by atoms with van der Waals surface area (Å²) in [5.41, 5.74) is 5.92. The molecule has 0 aliphatic carbocycles. The standard InChI is InChI=1S/C11H20N4O3/c1-15-4-6-17-9(7-15)10-13-11(18-14-10)8(12)3-5-16-2/h8-9H,3-7,12H2,1-2H3. The van der Waals surface area contributed by atoms with Crippen molar-refractivity contribution in [2.24, 2.45) is 5.73 Å². The second kappa shape index (κ2) is 6.24. The monoisotopic (exact) mass is 256 g/mol. The van der Waals surface area contributed by atoms with Crippen LogP contribution in [0.4, 0.5) is 0 Å². The first-order chi connectivity index (χ1) is 8.70. The molecule has 7 heteroatoms. The molecule has 2 atom stereocenters. The Morgan fingerprint density at radius 1 is 1.61 bits per heavy atom. The van der Waals surface area contributed by atoms with Crippen molar-refractivity contribution in [1.29, 1.82) is 0 Å². The molecule has 1 aliphatic heterocycles. The van der Waals surface area contributed by atoms with Crippen LogP contribution in [0.15, 0.2) is 4.52 Å². The Morgan fingerprint density at radius 3 is 3.17 bits per heavy atom. The number of rotatable bonds is 5. The van der Waals surface area contributed by atoms with Gasteiger partial charge < -0.3 is 24.6 Å². The second-order valence-corrected chi connectivity index (χ2v) is 4.50. The second-order valence-electron chi connectivity index (χ2n) is 4.50. The molecule has 102 valence electrons. The predicted molar refractivity (Wildman–Crippen MR) is 63.9 cm³/mol. The normalized spacial score (nSPS) is 23.2. The maximum atomic E-state index is 5.92. The molecule has 7 nitrogen and oxygen atoms in total. The van der Waals surface area contributed by atoms with Gasteiger partial charge in [0.25, 0.3) is 0 Å². The van der Waals surface area contributed by atoms with Crippen molar-refractivity contribution in [2.75, 3.05) is 40.5 Å². The summed E-state index contributed by atoms with van der Waals surface area (Å²) in [5.74, 6) is 1.02. The number of ether oxygens (including phenoxy) is 2. The molecule has 2 rings (SSSR count). The SMILES string of the molecule is COCCC(N)c1nc(C2CN(C)CCO2)no1. The molecule has 1 saturated heterocycles. The van der Waals surface area contributed by atoms with Gasteiger partial charge in [0.1, 0.15) is 6.10 Å². The number of aromatic nitrogens is 2. The number of nitrogens with two attached hydrogens (primary N) is 1. The van der Waals surface area contributed by atoms with Gasteiger partial charge in [-0.1, -0.05) is 5.16 Å². The van der Waals surface area contributed by atoms with Gasteiger partial charge >= 0.3 is 0 Å². The summed E-state index contributed by atoms with van der Waals surface area (Å²) in [6.07, 6.45) is 0.527. The first-order valence-corrected chi connectivity index (χ1v) is 6.09. The highest BCUT2D eigenvalue weighted by molar-refractivity contribution is 4.96. The minimum atomic E-state index is -0.285. The van der Waals surface area contributed by atoms with E-state index in [0.29, 0.717) is 31.3 Å². The summed E-state index contributed by atoms with van der Waals surface area (Å²) in [6, 6.07) is -0.285. The third-order valence-corrected chi connectivity index (χ3v) is 2.97. The third-order valence-electron chi connectivity index (χ3n) is 2.97. The van der Waals surface area contributed by atoms with Crippen molar-refractivity contribution < 1.29 is 14.0 Å². The van der Waals surface area contributed by atoms with Crippen LogP contribution in [0, 0.1) is 0 Å². The Balaban J connectivity index is 1.96. The molecule has 1 aromatic rings. The molecule has 0 radical (unpaired) electrons. The van der Waals surface area contributed by atoms with Crippen molar-refractivity contribution in [1.82, 2.24) is 15.0 Å². The van der Waals surface area contributed by atoms with E-state index in [1.54, 1.807) is 7.11 Å². The lowest BCUT2D eigenvalue weighted by Crippen LogP contribution is -2.35. The van der Waals surface area contributed by atoms with Gasteiger partial charge in [-0.25, -0.2) is 0 Å². The topological polar surface area (TPSA) is 86.6 Å². The molecule has 0 saturated carbocycles. The Hall–Kier alpha value is -1.02. The van der Waals surface area contributed by atoms with Gasteiger partial charge in [-0.3, -0.25) is 0 Å². The Morgan fingerprint density at radius 2 is 2.44 bits per heavy atom. The molecule has 1 fully saturated rings. The van der Waals surface area contributed by atoms with Crippen molar-refractivity contribution in [2.45, 2.75) is 18.6 Å². The molecule has 1 aromatic heterocycles. The van der Waals surface area contributed by atoms with Gasteiger partial charge in [0.15, 0.2) is 0 Å². The number of hydrogen-bond acceptors (Lipinski definition) is 7. The number of hydrogen-bond donors (Lipinski definition) is 1. The highest BCUT2D eigenvalue weighted by Crippen LogP contribution is 2.20. The largest absolute Gasteiger partial charge is 0.385 e. The summed E-state index contributed by atoms with van der Waals surface area (Å²) in [5, 5.41) is 3.94. The molecule has 2 heterocycles. The highest BCUT2D eigenvalue weighted by atomic mass is 16.5. The van der Waals surface area contributed by atoms with E-state index < -0.39 is 0 Å². The van der Waals surface area contributed by atoms with Gasteiger partial charge in [0.2, 0.25) is 11.7 Å². The van der Waals surface area contributed by atoms with Crippen molar-refractivity contribution >= 4 is 0 Å².